The van der Waals surface area contributed by atoms with Gasteiger partial charge in [-0.05, 0) is 87.4 Å². The molecular weight excluding hydrogens is 693 g/mol. The molecule has 12 heteroatoms. The molecule has 8 nitrogen and oxygen atoms in total. The Hall–Kier alpha value is -3.76. The monoisotopic (exact) mass is 729 g/mol. The third-order valence-electron chi connectivity index (χ3n) is 7.24. The van der Waals surface area contributed by atoms with Gasteiger partial charge in [-0.1, -0.05) is 83.3 Å². The van der Waals surface area contributed by atoms with Crippen LogP contribution in [0.2, 0.25) is 15.1 Å². The number of sulfonamides is 1. The van der Waals surface area contributed by atoms with E-state index in [1.54, 1.807) is 49.4 Å². The number of para-hydroxylation sites is 2. The van der Waals surface area contributed by atoms with Crippen molar-refractivity contribution in [3.05, 3.63) is 123 Å². The first-order chi connectivity index (χ1) is 22.7. The van der Waals surface area contributed by atoms with Crippen molar-refractivity contribution in [3.8, 4) is 5.75 Å². The van der Waals surface area contributed by atoms with E-state index >= 15 is 0 Å². The predicted octanol–water partition coefficient (Wildman–Crippen LogP) is 7.80. The molecule has 0 saturated heterocycles. The number of carbonyl (C=O) groups excluding carboxylic acids is 2. The van der Waals surface area contributed by atoms with Gasteiger partial charge in [0.15, 0.2) is 0 Å². The van der Waals surface area contributed by atoms with Crippen LogP contribution in [0.1, 0.15) is 38.8 Å². The Morgan fingerprint density at radius 2 is 1.48 bits per heavy atom. The number of nitrogens with zero attached hydrogens (tertiary/aromatic N) is 2. The minimum absolute atomic E-state index is 0.0791. The average molecular weight is 731 g/mol. The molecule has 0 aromatic heterocycles. The second-order valence-corrected chi connectivity index (χ2v) is 15.2. The first-order valence-corrected chi connectivity index (χ1v) is 17.9. The molecule has 0 fully saturated rings. The molecule has 4 aromatic rings. The van der Waals surface area contributed by atoms with Crippen molar-refractivity contribution in [1.82, 2.24) is 10.2 Å². The number of benzene rings is 4. The van der Waals surface area contributed by atoms with Crippen molar-refractivity contribution >= 4 is 62.3 Å². The van der Waals surface area contributed by atoms with E-state index in [1.165, 1.54) is 29.2 Å². The van der Waals surface area contributed by atoms with Crippen LogP contribution in [0.4, 0.5) is 5.69 Å². The lowest BCUT2D eigenvalue weighted by atomic mass is 10.0. The van der Waals surface area contributed by atoms with Gasteiger partial charge < -0.3 is 15.0 Å². The van der Waals surface area contributed by atoms with Crippen LogP contribution < -0.4 is 14.4 Å². The third kappa shape index (κ3) is 9.66. The molecule has 4 rings (SSSR count). The van der Waals surface area contributed by atoms with Gasteiger partial charge in [-0.2, -0.15) is 0 Å². The van der Waals surface area contributed by atoms with Crippen LogP contribution in [-0.2, 0) is 32.6 Å². The van der Waals surface area contributed by atoms with E-state index in [0.29, 0.717) is 20.6 Å². The summed E-state index contributed by atoms with van der Waals surface area (Å²) in [5, 5.41) is 4.06. The van der Waals surface area contributed by atoms with Crippen LogP contribution in [0.25, 0.3) is 0 Å². The number of rotatable bonds is 13. The van der Waals surface area contributed by atoms with Crippen LogP contribution in [-0.4, -0.2) is 49.9 Å². The zero-order valence-electron chi connectivity index (χ0n) is 27.1. The molecule has 0 aliphatic carbocycles. The largest absolute Gasteiger partial charge is 0.492 e. The molecule has 0 unspecified atom stereocenters. The quantitative estimate of drug-likeness (QED) is 0.152. The molecule has 0 heterocycles. The molecule has 1 atom stereocenters. The Morgan fingerprint density at radius 3 is 2.10 bits per heavy atom. The normalized spacial score (nSPS) is 12.2. The van der Waals surface area contributed by atoms with Crippen molar-refractivity contribution in [3.63, 3.8) is 0 Å². The summed E-state index contributed by atoms with van der Waals surface area (Å²) in [6.07, 6.45) is 0.152. The first-order valence-electron chi connectivity index (χ1n) is 15.3. The molecular formula is C36H38Cl3N3O5S. The first kappa shape index (κ1) is 37.1. The minimum Gasteiger partial charge on any atom is -0.492 e. The molecule has 0 aliphatic heterocycles. The Balaban J connectivity index is 1.87. The molecule has 0 saturated carbocycles. The summed E-state index contributed by atoms with van der Waals surface area (Å²) < 4.78 is 35.5. The highest BCUT2D eigenvalue weighted by Crippen LogP contribution is 2.33. The average Bonchev–Trinajstić information content (AvgIpc) is 3.02. The fourth-order valence-corrected chi connectivity index (χ4v) is 7.05. The van der Waals surface area contributed by atoms with Gasteiger partial charge in [0.2, 0.25) is 11.8 Å². The predicted molar refractivity (Wildman–Crippen MR) is 192 cm³/mol. The van der Waals surface area contributed by atoms with Crippen LogP contribution in [0.15, 0.2) is 102 Å². The fourth-order valence-electron chi connectivity index (χ4n) is 5.03. The standard InChI is InChI=1S/C36H38Cl3N3O5S/c1-5-47-33-14-10-9-13-31(33)42(48(45,46)29-19-17-27(37)18-20-29)24-34(43)41(23-26-15-16-28(38)22-30(26)39)32(35(44)40-36(2,3)4)21-25-11-7-6-8-12-25/h6-20,22,32H,5,21,23-24H2,1-4H3,(H,40,44)/t32-/m1/s1. The highest BCUT2D eigenvalue weighted by molar-refractivity contribution is 7.92. The van der Waals surface area contributed by atoms with Crippen LogP contribution in [0, 0.1) is 0 Å². The molecule has 48 heavy (non-hydrogen) atoms. The van der Waals surface area contributed by atoms with Crippen molar-refractivity contribution in [1.29, 1.82) is 0 Å². The Labute approximate surface area is 297 Å². The van der Waals surface area contributed by atoms with Crippen LogP contribution in [0.5, 0.6) is 5.75 Å². The van der Waals surface area contributed by atoms with E-state index in [2.05, 4.69) is 5.32 Å². The minimum atomic E-state index is -4.36. The van der Waals surface area contributed by atoms with Crippen molar-refractivity contribution in [2.75, 3.05) is 17.5 Å². The van der Waals surface area contributed by atoms with Crippen molar-refractivity contribution in [2.24, 2.45) is 0 Å². The van der Waals surface area contributed by atoms with E-state index in [1.807, 2.05) is 51.1 Å². The molecule has 2 amide bonds. The van der Waals surface area contributed by atoms with Crippen LogP contribution in [0.3, 0.4) is 0 Å². The maximum absolute atomic E-state index is 14.7. The number of carbonyl (C=O) groups is 2. The van der Waals surface area contributed by atoms with Crippen LogP contribution >= 0.6 is 34.8 Å². The number of amides is 2. The SMILES string of the molecule is CCOc1ccccc1N(CC(=O)N(Cc1ccc(Cl)cc1Cl)[C@H](Cc1ccccc1)C(=O)NC(C)(C)C)S(=O)(=O)c1ccc(Cl)cc1. The summed E-state index contributed by atoms with van der Waals surface area (Å²) in [7, 11) is -4.36. The number of anilines is 1. The van der Waals surface area contributed by atoms with Gasteiger partial charge in [0, 0.05) is 33.6 Å². The maximum atomic E-state index is 14.7. The number of hydrogen-bond acceptors (Lipinski definition) is 5. The van der Waals surface area contributed by atoms with Crippen molar-refractivity contribution in [2.45, 2.75) is 57.1 Å². The van der Waals surface area contributed by atoms with Crippen molar-refractivity contribution < 1.29 is 22.7 Å². The summed E-state index contributed by atoms with van der Waals surface area (Å²) in [5.41, 5.74) is 0.863. The molecule has 1 N–H and O–H groups in total. The molecule has 4 aromatic carbocycles. The summed E-state index contributed by atoms with van der Waals surface area (Å²) in [4.78, 5) is 30.1. The molecule has 254 valence electrons. The summed E-state index contributed by atoms with van der Waals surface area (Å²) in [6, 6.07) is 25.4. The lowest BCUT2D eigenvalue weighted by Crippen LogP contribution is -2.56. The molecule has 0 spiro atoms. The topological polar surface area (TPSA) is 96.0 Å². The zero-order chi connectivity index (χ0) is 35.1. The van der Waals surface area contributed by atoms with E-state index in [4.69, 9.17) is 39.5 Å². The van der Waals surface area contributed by atoms with Gasteiger partial charge in [-0.25, -0.2) is 8.42 Å². The highest BCUT2D eigenvalue weighted by Gasteiger charge is 2.36. The van der Waals surface area contributed by atoms with Gasteiger partial charge >= 0.3 is 0 Å². The Bertz CT molecular complexity index is 1830. The lowest BCUT2D eigenvalue weighted by molar-refractivity contribution is -0.140. The highest BCUT2D eigenvalue weighted by atomic mass is 35.5. The van der Waals surface area contributed by atoms with Gasteiger partial charge in [0.1, 0.15) is 18.3 Å². The maximum Gasteiger partial charge on any atom is 0.264 e. The van der Waals surface area contributed by atoms with Gasteiger partial charge in [0.25, 0.3) is 10.0 Å². The van der Waals surface area contributed by atoms with Gasteiger partial charge in [-0.3, -0.25) is 13.9 Å². The summed E-state index contributed by atoms with van der Waals surface area (Å²) in [6.45, 7) is 6.81. The van der Waals surface area contributed by atoms with Gasteiger partial charge in [0.05, 0.1) is 17.2 Å². The fraction of sp³-hybridized carbons (Fsp3) is 0.278. The molecule has 0 aliphatic rings. The second kappa shape index (κ2) is 16.1. The molecule has 0 bridgehead atoms. The number of hydrogen-bond donors (Lipinski definition) is 1. The number of nitrogens with one attached hydrogen (secondary N) is 1. The molecule has 0 radical (unpaired) electrons. The zero-order valence-corrected chi connectivity index (χ0v) is 30.2. The summed E-state index contributed by atoms with van der Waals surface area (Å²) in [5.74, 6) is -0.787. The van der Waals surface area contributed by atoms with Gasteiger partial charge in [-0.15, -0.1) is 0 Å². The van der Waals surface area contributed by atoms with E-state index in [9.17, 15) is 18.0 Å². The second-order valence-electron chi connectivity index (χ2n) is 12.1. The smallest absolute Gasteiger partial charge is 0.264 e. The summed E-state index contributed by atoms with van der Waals surface area (Å²) >= 11 is 18.9. The van der Waals surface area contributed by atoms with E-state index < -0.39 is 40.0 Å². The van der Waals surface area contributed by atoms with E-state index in [-0.39, 0.29) is 35.9 Å². The third-order valence-corrected chi connectivity index (χ3v) is 9.85. The van der Waals surface area contributed by atoms with E-state index in [0.717, 1.165) is 9.87 Å². The Morgan fingerprint density at radius 1 is 0.854 bits per heavy atom. The number of ether oxygens (including phenoxy) is 1. The Kier molecular flexibility index (Phi) is 12.4. The number of halogens is 3. The lowest BCUT2D eigenvalue weighted by Gasteiger charge is -2.35.